The van der Waals surface area contributed by atoms with Gasteiger partial charge in [0.05, 0.1) is 28.3 Å². The minimum atomic E-state index is -4.60. The SMILES string of the molecule is Cc1ccc(S(=O)(=O)N2C(C)CN(C(=O)Cc3ccc(C(F)(F)F)c(Cl)c3)C[C@@H]2C)cc1CC(=O)O. The average molecular weight is 547 g/mol. The summed E-state index contributed by atoms with van der Waals surface area (Å²) in [5.41, 5.74) is 0.396. The van der Waals surface area contributed by atoms with E-state index in [-0.39, 0.29) is 36.7 Å². The molecule has 196 valence electrons. The first-order chi connectivity index (χ1) is 16.6. The molecule has 1 fully saturated rings. The Kier molecular flexibility index (Phi) is 8.07. The summed E-state index contributed by atoms with van der Waals surface area (Å²) in [6.07, 6.45) is -5.09. The summed E-state index contributed by atoms with van der Waals surface area (Å²) in [4.78, 5) is 25.5. The summed E-state index contributed by atoms with van der Waals surface area (Å²) in [6, 6.07) is 6.32. The number of amides is 1. The number of carboxylic acid groups (broad SMARTS) is 1. The average Bonchev–Trinajstić information content (AvgIpc) is 2.73. The van der Waals surface area contributed by atoms with Crippen LogP contribution in [0.25, 0.3) is 0 Å². The second kappa shape index (κ2) is 10.4. The first kappa shape index (κ1) is 27.9. The zero-order chi connectivity index (χ0) is 27.0. The summed E-state index contributed by atoms with van der Waals surface area (Å²) in [6.45, 7) is 5.20. The van der Waals surface area contributed by atoms with E-state index in [1.54, 1.807) is 26.8 Å². The highest BCUT2D eigenvalue weighted by atomic mass is 35.5. The quantitative estimate of drug-likeness (QED) is 0.587. The van der Waals surface area contributed by atoms with Crippen LogP contribution in [0.5, 0.6) is 0 Å². The Labute approximate surface area is 212 Å². The van der Waals surface area contributed by atoms with E-state index in [1.165, 1.54) is 27.4 Å². The van der Waals surface area contributed by atoms with Crippen LogP contribution in [0.3, 0.4) is 0 Å². The second-order valence-corrected chi connectivity index (χ2v) is 11.2. The topological polar surface area (TPSA) is 95.0 Å². The van der Waals surface area contributed by atoms with Gasteiger partial charge in [0.15, 0.2) is 0 Å². The van der Waals surface area contributed by atoms with Crippen molar-refractivity contribution < 1.29 is 36.3 Å². The van der Waals surface area contributed by atoms with Crippen molar-refractivity contribution in [2.24, 2.45) is 0 Å². The minimum Gasteiger partial charge on any atom is -0.481 e. The van der Waals surface area contributed by atoms with E-state index in [1.807, 2.05) is 0 Å². The van der Waals surface area contributed by atoms with Crippen molar-refractivity contribution >= 4 is 33.5 Å². The molecule has 1 N–H and O–H groups in total. The van der Waals surface area contributed by atoms with Gasteiger partial charge < -0.3 is 10.0 Å². The third kappa shape index (κ3) is 6.01. The second-order valence-electron chi connectivity index (χ2n) is 8.98. The normalized spacial score (nSPS) is 19.4. The molecule has 2 aromatic rings. The Morgan fingerprint density at radius 2 is 1.67 bits per heavy atom. The van der Waals surface area contributed by atoms with Crippen molar-refractivity contribution in [2.45, 2.75) is 56.8 Å². The largest absolute Gasteiger partial charge is 0.481 e. The van der Waals surface area contributed by atoms with Gasteiger partial charge in [-0.25, -0.2) is 8.42 Å². The van der Waals surface area contributed by atoms with Crippen molar-refractivity contribution in [1.82, 2.24) is 9.21 Å². The van der Waals surface area contributed by atoms with Crippen LogP contribution in [0.2, 0.25) is 5.02 Å². The van der Waals surface area contributed by atoms with Gasteiger partial charge in [-0.3, -0.25) is 9.59 Å². The van der Waals surface area contributed by atoms with E-state index in [4.69, 9.17) is 16.7 Å². The minimum absolute atomic E-state index is 0.0257. The molecule has 0 spiro atoms. The van der Waals surface area contributed by atoms with Crippen LogP contribution in [0.1, 0.15) is 36.1 Å². The molecule has 0 radical (unpaired) electrons. The number of nitrogens with zero attached hydrogens (tertiary/aromatic N) is 2. The summed E-state index contributed by atoms with van der Waals surface area (Å²) in [5, 5.41) is 8.62. The van der Waals surface area contributed by atoms with Crippen LogP contribution in [-0.4, -0.2) is 59.8 Å². The zero-order valence-electron chi connectivity index (χ0n) is 19.8. The third-order valence-electron chi connectivity index (χ3n) is 6.12. The van der Waals surface area contributed by atoms with Gasteiger partial charge in [-0.2, -0.15) is 17.5 Å². The number of carbonyl (C=O) groups excluding carboxylic acids is 1. The number of hydrogen-bond acceptors (Lipinski definition) is 4. The molecule has 0 bridgehead atoms. The first-order valence-corrected chi connectivity index (χ1v) is 12.9. The van der Waals surface area contributed by atoms with Gasteiger partial charge in [-0.05, 0) is 61.7 Å². The summed E-state index contributed by atoms with van der Waals surface area (Å²) in [5.74, 6) is -1.43. The number of sulfonamides is 1. The number of aliphatic carboxylic acids is 1. The molecule has 1 saturated heterocycles. The molecule has 7 nitrogen and oxygen atoms in total. The fourth-order valence-corrected chi connectivity index (χ4v) is 6.62. The molecule has 1 aliphatic rings. The molecule has 1 heterocycles. The van der Waals surface area contributed by atoms with Crippen LogP contribution in [-0.2, 0) is 38.6 Å². The molecule has 2 aromatic carbocycles. The molecule has 0 aliphatic carbocycles. The molecule has 0 aromatic heterocycles. The third-order valence-corrected chi connectivity index (χ3v) is 8.56. The Morgan fingerprint density at radius 3 is 2.19 bits per heavy atom. The van der Waals surface area contributed by atoms with Gasteiger partial charge in [-0.1, -0.05) is 23.7 Å². The van der Waals surface area contributed by atoms with E-state index >= 15 is 0 Å². The Balaban J connectivity index is 1.76. The first-order valence-electron chi connectivity index (χ1n) is 11.1. The van der Waals surface area contributed by atoms with Crippen molar-refractivity contribution in [2.75, 3.05) is 13.1 Å². The van der Waals surface area contributed by atoms with E-state index < -0.39 is 44.8 Å². The smallest absolute Gasteiger partial charge is 0.417 e. The monoisotopic (exact) mass is 546 g/mol. The molecule has 2 atom stereocenters. The molecule has 1 aliphatic heterocycles. The van der Waals surface area contributed by atoms with E-state index in [9.17, 15) is 31.2 Å². The molecule has 3 rings (SSSR count). The number of carbonyl (C=O) groups is 2. The number of rotatable bonds is 6. The zero-order valence-corrected chi connectivity index (χ0v) is 21.4. The van der Waals surface area contributed by atoms with Gasteiger partial charge in [0.1, 0.15) is 0 Å². The van der Waals surface area contributed by atoms with Crippen molar-refractivity contribution in [3.8, 4) is 0 Å². The van der Waals surface area contributed by atoms with Crippen LogP contribution in [0.15, 0.2) is 41.3 Å². The van der Waals surface area contributed by atoms with Crippen LogP contribution < -0.4 is 0 Å². The van der Waals surface area contributed by atoms with Gasteiger partial charge in [-0.15, -0.1) is 0 Å². The van der Waals surface area contributed by atoms with Crippen molar-refractivity contribution in [1.29, 1.82) is 0 Å². The van der Waals surface area contributed by atoms with Gasteiger partial charge >= 0.3 is 12.1 Å². The van der Waals surface area contributed by atoms with E-state index in [0.29, 0.717) is 16.7 Å². The molecular formula is C24H26ClF3N2O5S. The Morgan fingerprint density at radius 1 is 1.06 bits per heavy atom. The number of carboxylic acids is 1. The van der Waals surface area contributed by atoms with Crippen molar-refractivity contribution in [3.05, 3.63) is 63.7 Å². The Hall–Kier alpha value is -2.63. The summed E-state index contributed by atoms with van der Waals surface area (Å²) >= 11 is 5.75. The van der Waals surface area contributed by atoms with Crippen LogP contribution in [0.4, 0.5) is 13.2 Å². The molecule has 1 unspecified atom stereocenters. The Bertz CT molecular complexity index is 1270. The highest BCUT2D eigenvalue weighted by Crippen LogP contribution is 2.35. The van der Waals surface area contributed by atoms with Gasteiger partial charge in [0, 0.05) is 25.2 Å². The number of halogens is 4. The predicted molar refractivity (Wildman–Crippen MR) is 127 cm³/mol. The van der Waals surface area contributed by atoms with E-state index in [2.05, 4.69) is 0 Å². The van der Waals surface area contributed by atoms with E-state index in [0.717, 1.165) is 12.1 Å². The molecular weight excluding hydrogens is 521 g/mol. The molecule has 0 saturated carbocycles. The maximum atomic E-state index is 13.4. The number of hydrogen-bond donors (Lipinski definition) is 1. The maximum Gasteiger partial charge on any atom is 0.417 e. The highest BCUT2D eigenvalue weighted by molar-refractivity contribution is 7.89. The molecule has 36 heavy (non-hydrogen) atoms. The van der Waals surface area contributed by atoms with Gasteiger partial charge in [0.2, 0.25) is 15.9 Å². The lowest BCUT2D eigenvalue weighted by Crippen LogP contribution is -2.59. The van der Waals surface area contributed by atoms with Crippen molar-refractivity contribution in [3.63, 3.8) is 0 Å². The van der Waals surface area contributed by atoms with Crippen LogP contribution >= 0.6 is 11.6 Å². The lowest BCUT2D eigenvalue weighted by molar-refractivity contribution is -0.138. The number of alkyl halides is 3. The highest BCUT2D eigenvalue weighted by Gasteiger charge is 2.40. The van der Waals surface area contributed by atoms with Gasteiger partial charge in [0.25, 0.3) is 0 Å². The maximum absolute atomic E-state index is 13.4. The van der Waals surface area contributed by atoms with Crippen LogP contribution in [0, 0.1) is 6.92 Å². The molecule has 1 amide bonds. The number of piperazine rings is 1. The standard InChI is InChI=1S/C24H26ClF3N2O5S/c1-14-4-6-19(10-18(14)11-23(32)33)36(34,35)30-15(2)12-29(13-16(30)3)22(31)9-17-5-7-20(21(25)8-17)24(26,27)28/h4-8,10,15-16H,9,11-13H2,1-3H3,(H,32,33)/t15-,16?/m0/s1. The lowest BCUT2D eigenvalue weighted by atomic mass is 10.1. The molecule has 12 heteroatoms. The lowest BCUT2D eigenvalue weighted by Gasteiger charge is -2.43. The fraction of sp³-hybridized carbons (Fsp3) is 0.417. The fourth-order valence-electron chi connectivity index (χ4n) is 4.45. The summed E-state index contributed by atoms with van der Waals surface area (Å²) < 4.78 is 67.0. The summed E-state index contributed by atoms with van der Waals surface area (Å²) in [7, 11) is -3.99. The number of benzene rings is 2. The number of aryl methyl sites for hydroxylation is 1. The predicted octanol–water partition coefficient (Wildman–Crippen LogP) is 4.15.